The second kappa shape index (κ2) is 5.24. The maximum Gasteiger partial charge on any atom is 0.123 e. The lowest BCUT2D eigenvalue weighted by atomic mass is 10.0. The second-order valence-corrected chi connectivity index (χ2v) is 4.19. The van der Waals surface area contributed by atoms with Gasteiger partial charge in [-0.3, -0.25) is 0 Å². The predicted octanol–water partition coefficient (Wildman–Crippen LogP) is 1.60. The molecular formula is C12H18FNO. The molecule has 0 spiro atoms. The van der Waals surface area contributed by atoms with E-state index in [4.69, 9.17) is 0 Å². The molecule has 2 nitrogen and oxygen atoms in total. The molecule has 0 amide bonds. The first-order valence-corrected chi connectivity index (χ1v) is 5.07. The fourth-order valence-electron chi connectivity index (χ4n) is 1.60. The van der Waals surface area contributed by atoms with Crippen molar-refractivity contribution in [3.63, 3.8) is 0 Å². The van der Waals surface area contributed by atoms with Crippen LogP contribution in [0, 0.1) is 12.7 Å². The number of halogens is 1. The highest BCUT2D eigenvalue weighted by atomic mass is 19.1. The van der Waals surface area contributed by atoms with Gasteiger partial charge >= 0.3 is 0 Å². The SMILES string of the molecule is Cc1ccc(F)cc1CC(O)CN(C)C. The summed E-state index contributed by atoms with van der Waals surface area (Å²) in [6, 6.07) is 4.68. The number of aryl methyl sites for hydroxylation is 1. The molecule has 1 rings (SSSR count). The molecule has 0 fully saturated rings. The number of hydrogen-bond donors (Lipinski definition) is 1. The number of aliphatic hydroxyl groups excluding tert-OH is 1. The third-order valence-electron chi connectivity index (χ3n) is 2.34. The summed E-state index contributed by atoms with van der Waals surface area (Å²) >= 11 is 0. The molecule has 3 heteroatoms. The monoisotopic (exact) mass is 211 g/mol. The van der Waals surface area contributed by atoms with Crippen LogP contribution in [0.15, 0.2) is 18.2 Å². The molecule has 0 saturated heterocycles. The molecule has 15 heavy (non-hydrogen) atoms. The van der Waals surface area contributed by atoms with Gasteiger partial charge in [0.25, 0.3) is 0 Å². The minimum atomic E-state index is -0.444. The van der Waals surface area contributed by atoms with Crippen LogP contribution in [0.25, 0.3) is 0 Å². The van der Waals surface area contributed by atoms with E-state index in [1.807, 2.05) is 25.9 Å². The minimum Gasteiger partial charge on any atom is -0.391 e. The predicted molar refractivity (Wildman–Crippen MR) is 59.4 cm³/mol. The van der Waals surface area contributed by atoms with E-state index in [0.29, 0.717) is 13.0 Å². The lowest BCUT2D eigenvalue weighted by Gasteiger charge is -2.16. The Morgan fingerprint density at radius 2 is 2.07 bits per heavy atom. The molecule has 0 aliphatic rings. The van der Waals surface area contributed by atoms with Gasteiger partial charge in [-0.05, 0) is 50.7 Å². The molecule has 1 aromatic carbocycles. The van der Waals surface area contributed by atoms with Crippen molar-refractivity contribution in [3.05, 3.63) is 35.1 Å². The van der Waals surface area contributed by atoms with Gasteiger partial charge in [0.05, 0.1) is 6.10 Å². The van der Waals surface area contributed by atoms with E-state index in [1.54, 1.807) is 6.07 Å². The maximum atomic E-state index is 13.0. The number of benzene rings is 1. The van der Waals surface area contributed by atoms with Gasteiger partial charge in [0.15, 0.2) is 0 Å². The molecule has 0 radical (unpaired) electrons. The molecule has 0 aliphatic heterocycles. The van der Waals surface area contributed by atoms with Gasteiger partial charge in [-0.1, -0.05) is 6.07 Å². The van der Waals surface area contributed by atoms with Crippen LogP contribution in [0.2, 0.25) is 0 Å². The van der Waals surface area contributed by atoms with E-state index in [0.717, 1.165) is 11.1 Å². The first kappa shape index (κ1) is 12.1. The number of rotatable bonds is 4. The van der Waals surface area contributed by atoms with Crippen molar-refractivity contribution in [2.24, 2.45) is 0 Å². The van der Waals surface area contributed by atoms with Crippen LogP contribution in [-0.4, -0.2) is 36.8 Å². The van der Waals surface area contributed by atoms with Crippen LogP contribution in [0.5, 0.6) is 0 Å². The molecular weight excluding hydrogens is 193 g/mol. The molecule has 0 aliphatic carbocycles. The fourth-order valence-corrected chi connectivity index (χ4v) is 1.60. The van der Waals surface area contributed by atoms with Crippen molar-refractivity contribution >= 4 is 0 Å². The Balaban J connectivity index is 2.67. The number of hydrogen-bond acceptors (Lipinski definition) is 2. The standard InChI is InChI=1S/C12H18FNO/c1-9-4-5-11(13)6-10(9)7-12(15)8-14(2)3/h4-6,12,15H,7-8H2,1-3H3. The summed E-state index contributed by atoms with van der Waals surface area (Å²) in [6.45, 7) is 2.52. The Bertz CT molecular complexity index is 325. The summed E-state index contributed by atoms with van der Waals surface area (Å²) in [5, 5.41) is 9.72. The topological polar surface area (TPSA) is 23.5 Å². The Kier molecular flexibility index (Phi) is 4.24. The van der Waals surface area contributed by atoms with Gasteiger partial charge in [-0.2, -0.15) is 0 Å². The van der Waals surface area contributed by atoms with Crippen LogP contribution in [-0.2, 0) is 6.42 Å². The second-order valence-electron chi connectivity index (χ2n) is 4.19. The summed E-state index contributed by atoms with van der Waals surface area (Å²) in [4.78, 5) is 1.92. The Morgan fingerprint density at radius 1 is 1.40 bits per heavy atom. The summed E-state index contributed by atoms with van der Waals surface area (Å²) in [5.74, 6) is -0.243. The molecule has 1 N–H and O–H groups in total. The quantitative estimate of drug-likeness (QED) is 0.817. The first-order chi connectivity index (χ1) is 6.99. The van der Waals surface area contributed by atoms with Gasteiger partial charge in [0, 0.05) is 6.54 Å². The van der Waals surface area contributed by atoms with E-state index in [1.165, 1.54) is 12.1 Å². The van der Waals surface area contributed by atoms with E-state index in [2.05, 4.69) is 0 Å². The Labute approximate surface area is 90.3 Å². The van der Waals surface area contributed by atoms with Crippen molar-refractivity contribution in [3.8, 4) is 0 Å². The van der Waals surface area contributed by atoms with Crippen LogP contribution >= 0.6 is 0 Å². The van der Waals surface area contributed by atoms with E-state index >= 15 is 0 Å². The average molecular weight is 211 g/mol. The summed E-state index contributed by atoms with van der Waals surface area (Å²) < 4.78 is 13.0. The van der Waals surface area contributed by atoms with Gasteiger partial charge < -0.3 is 10.0 Å². The van der Waals surface area contributed by atoms with Crippen LogP contribution < -0.4 is 0 Å². The van der Waals surface area contributed by atoms with Gasteiger partial charge in [-0.15, -0.1) is 0 Å². The summed E-state index contributed by atoms with van der Waals surface area (Å²) in [5.41, 5.74) is 1.90. The zero-order valence-electron chi connectivity index (χ0n) is 9.50. The van der Waals surface area contributed by atoms with Crippen molar-refractivity contribution in [1.82, 2.24) is 4.90 Å². The van der Waals surface area contributed by atoms with Crippen molar-refractivity contribution in [2.45, 2.75) is 19.4 Å². The fraction of sp³-hybridized carbons (Fsp3) is 0.500. The van der Waals surface area contributed by atoms with Crippen molar-refractivity contribution < 1.29 is 9.50 Å². The molecule has 84 valence electrons. The molecule has 1 aromatic rings. The number of nitrogens with zero attached hydrogens (tertiary/aromatic N) is 1. The molecule has 1 atom stereocenters. The van der Waals surface area contributed by atoms with Gasteiger partial charge in [-0.25, -0.2) is 4.39 Å². The highest BCUT2D eigenvalue weighted by Gasteiger charge is 2.09. The smallest absolute Gasteiger partial charge is 0.123 e. The van der Waals surface area contributed by atoms with Crippen molar-refractivity contribution in [2.75, 3.05) is 20.6 Å². The number of aliphatic hydroxyl groups is 1. The Morgan fingerprint density at radius 3 is 2.67 bits per heavy atom. The third kappa shape index (κ3) is 3.98. The van der Waals surface area contributed by atoms with E-state index in [-0.39, 0.29) is 5.82 Å². The zero-order chi connectivity index (χ0) is 11.4. The highest BCUT2D eigenvalue weighted by Crippen LogP contribution is 2.12. The van der Waals surface area contributed by atoms with Gasteiger partial charge in [0.1, 0.15) is 5.82 Å². The Hall–Kier alpha value is -0.930. The molecule has 0 aromatic heterocycles. The minimum absolute atomic E-state index is 0.243. The van der Waals surface area contributed by atoms with Crippen molar-refractivity contribution in [1.29, 1.82) is 0 Å². The third-order valence-corrected chi connectivity index (χ3v) is 2.34. The number of likely N-dealkylation sites (N-methyl/N-ethyl adjacent to an activating group) is 1. The lowest BCUT2D eigenvalue weighted by Crippen LogP contribution is -2.27. The van der Waals surface area contributed by atoms with Crippen LogP contribution in [0.4, 0.5) is 4.39 Å². The first-order valence-electron chi connectivity index (χ1n) is 5.07. The van der Waals surface area contributed by atoms with E-state index < -0.39 is 6.10 Å². The molecule has 1 unspecified atom stereocenters. The summed E-state index contributed by atoms with van der Waals surface area (Å²) in [7, 11) is 3.81. The van der Waals surface area contributed by atoms with Crippen LogP contribution in [0.1, 0.15) is 11.1 Å². The average Bonchev–Trinajstić information content (AvgIpc) is 2.10. The molecule has 0 bridgehead atoms. The maximum absolute atomic E-state index is 13.0. The molecule has 0 saturated carbocycles. The van der Waals surface area contributed by atoms with Crippen LogP contribution in [0.3, 0.4) is 0 Å². The van der Waals surface area contributed by atoms with E-state index in [9.17, 15) is 9.50 Å². The molecule has 0 heterocycles. The van der Waals surface area contributed by atoms with Gasteiger partial charge in [0.2, 0.25) is 0 Å². The lowest BCUT2D eigenvalue weighted by molar-refractivity contribution is 0.137. The normalized spacial score (nSPS) is 13.2. The largest absolute Gasteiger partial charge is 0.391 e. The zero-order valence-corrected chi connectivity index (χ0v) is 9.50. The summed E-state index contributed by atoms with van der Waals surface area (Å²) in [6.07, 6.45) is 0.0578. The highest BCUT2D eigenvalue weighted by molar-refractivity contribution is 5.27.